The molecule has 0 aromatic rings. The highest BCUT2D eigenvalue weighted by molar-refractivity contribution is 6.09. The van der Waals surface area contributed by atoms with Crippen LogP contribution in [-0.2, 0) is 4.79 Å². The summed E-state index contributed by atoms with van der Waals surface area (Å²) in [7, 11) is 0. The number of allylic oxidation sites excluding steroid dienone is 1. The van der Waals surface area contributed by atoms with Gasteiger partial charge in [-0.1, -0.05) is 0 Å². The molecule has 0 spiro atoms. The maximum Gasteiger partial charge on any atom is 0.339 e. The molecule has 1 rings (SSSR count). The van der Waals surface area contributed by atoms with Crippen molar-refractivity contribution in [1.82, 2.24) is 5.32 Å². The SMILES string of the molecule is CC1=C(C(=O)O)C=N[C@H](O)N1. The van der Waals surface area contributed by atoms with Gasteiger partial charge in [-0.15, -0.1) is 0 Å². The van der Waals surface area contributed by atoms with Crippen LogP contribution in [-0.4, -0.2) is 28.7 Å². The van der Waals surface area contributed by atoms with Crippen LogP contribution in [0.4, 0.5) is 0 Å². The lowest BCUT2D eigenvalue weighted by atomic mass is 10.2. The van der Waals surface area contributed by atoms with Crippen LogP contribution in [0, 0.1) is 0 Å². The highest BCUT2D eigenvalue weighted by atomic mass is 16.4. The number of hydrogen-bond acceptors (Lipinski definition) is 4. The number of carbonyl (C=O) groups is 1. The second-order valence-corrected chi connectivity index (χ2v) is 2.14. The number of nitrogens with one attached hydrogen (secondary N) is 1. The minimum Gasteiger partial charge on any atom is -0.478 e. The fraction of sp³-hybridized carbons (Fsp3) is 0.333. The summed E-state index contributed by atoms with van der Waals surface area (Å²) in [4.78, 5) is 13.9. The molecule has 11 heavy (non-hydrogen) atoms. The van der Waals surface area contributed by atoms with Crippen molar-refractivity contribution in [2.45, 2.75) is 13.3 Å². The summed E-state index contributed by atoms with van der Waals surface area (Å²) >= 11 is 0. The van der Waals surface area contributed by atoms with Crippen molar-refractivity contribution in [2.75, 3.05) is 0 Å². The molecule has 1 atom stereocenters. The van der Waals surface area contributed by atoms with E-state index in [2.05, 4.69) is 10.3 Å². The molecule has 0 unspecified atom stereocenters. The summed E-state index contributed by atoms with van der Waals surface area (Å²) in [6.45, 7) is 1.57. The van der Waals surface area contributed by atoms with E-state index in [0.717, 1.165) is 6.21 Å². The molecule has 0 aromatic heterocycles. The highest BCUT2D eigenvalue weighted by Crippen LogP contribution is 2.04. The van der Waals surface area contributed by atoms with E-state index >= 15 is 0 Å². The second-order valence-electron chi connectivity index (χ2n) is 2.14. The number of aliphatic hydroxyl groups excluding tert-OH is 1. The molecule has 0 amide bonds. The predicted octanol–water partition coefficient (Wildman–Crippen LogP) is -0.705. The van der Waals surface area contributed by atoms with Gasteiger partial charge in [-0.3, -0.25) is 0 Å². The van der Waals surface area contributed by atoms with Crippen LogP contribution in [0.25, 0.3) is 0 Å². The van der Waals surface area contributed by atoms with Gasteiger partial charge >= 0.3 is 5.97 Å². The maximum atomic E-state index is 10.4. The molecule has 1 aliphatic rings. The largest absolute Gasteiger partial charge is 0.478 e. The van der Waals surface area contributed by atoms with Crippen LogP contribution in [0.15, 0.2) is 16.3 Å². The average molecular weight is 156 g/mol. The fourth-order valence-corrected chi connectivity index (χ4v) is 0.766. The first-order chi connectivity index (χ1) is 5.11. The fourth-order valence-electron chi connectivity index (χ4n) is 0.766. The molecule has 60 valence electrons. The summed E-state index contributed by atoms with van der Waals surface area (Å²) in [6.07, 6.45) is 0.122. The maximum absolute atomic E-state index is 10.4. The van der Waals surface area contributed by atoms with E-state index in [0.29, 0.717) is 5.70 Å². The molecule has 1 heterocycles. The van der Waals surface area contributed by atoms with E-state index in [4.69, 9.17) is 10.2 Å². The van der Waals surface area contributed by atoms with Crippen LogP contribution in [0.1, 0.15) is 6.92 Å². The number of aliphatic carboxylic acids is 1. The van der Waals surface area contributed by atoms with E-state index in [1.165, 1.54) is 0 Å². The molecule has 0 aliphatic carbocycles. The first-order valence-corrected chi connectivity index (χ1v) is 3.03. The molecule has 3 N–H and O–H groups in total. The van der Waals surface area contributed by atoms with Crippen molar-refractivity contribution < 1.29 is 15.0 Å². The number of nitrogens with zero attached hydrogens (tertiary/aromatic N) is 1. The highest BCUT2D eigenvalue weighted by Gasteiger charge is 2.15. The molecule has 0 saturated heterocycles. The van der Waals surface area contributed by atoms with Crippen molar-refractivity contribution in [1.29, 1.82) is 0 Å². The van der Waals surface area contributed by atoms with Crippen molar-refractivity contribution in [3.63, 3.8) is 0 Å². The van der Waals surface area contributed by atoms with E-state index in [-0.39, 0.29) is 5.57 Å². The van der Waals surface area contributed by atoms with Crippen LogP contribution in [0.3, 0.4) is 0 Å². The Kier molecular flexibility index (Phi) is 1.91. The topological polar surface area (TPSA) is 81.9 Å². The minimum atomic E-state index is -1.05. The summed E-state index contributed by atoms with van der Waals surface area (Å²) in [5.74, 6) is -1.05. The van der Waals surface area contributed by atoms with Gasteiger partial charge in [0.2, 0.25) is 6.35 Å². The Morgan fingerprint density at radius 3 is 2.91 bits per heavy atom. The number of aliphatic imine (C=N–C) groups is 1. The van der Waals surface area contributed by atoms with Gasteiger partial charge in [0.05, 0.1) is 5.57 Å². The molecule has 1 aliphatic heterocycles. The summed E-state index contributed by atoms with van der Waals surface area (Å²) in [5.41, 5.74) is 0.496. The van der Waals surface area contributed by atoms with E-state index in [1.54, 1.807) is 6.92 Å². The zero-order valence-electron chi connectivity index (χ0n) is 5.90. The molecular formula is C6H8N2O3. The first kappa shape index (κ1) is 7.74. The average Bonchev–Trinajstić information content (AvgIpc) is 1.85. The van der Waals surface area contributed by atoms with Gasteiger partial charge in [-0.2, -0.15) is 0 Å². The minimum absolute atomic E-state index is 0.0790. The lowest BCUT2D eigenvalue weighted by Gasteiger charge is -2.15. The monoisotopic (exact) mass is 156 g/mol. The standard InChI is InChI=1S/C6H8N2O3/c1-3-4(5(9)10)2-7-6(11)8-3/h2,6,8,11H,1H3,(H,9,10)/t6-/m0/s1. The van der Waals surface area contributed by atoms with Gasteiger partial charge < -0.3 is 15.5 Å². The third-order valence-corrected chi connectivity index (χ3v) is 1.32. The lowest BCUT2D eigenvalue weighted by molar-refractivity contribution is -0.132. The Balaban J connectivity index is 2.88. The number of hydrogen-bond donors (Lipinski definition) is 3. The summed E-state index contributed by atoms with van der Waals surface area (Å²) in [5, 5.41) is 19.8. The van der Waals surface area contributed by atoms with Crippen LogP contribution < -0.4 is 5.32 Å². The van der Waals surface area contributed by atoms with Crippen molar-refractivity contribution in [3.8, 4) is 0 Å². The van der Waals surface area contributed by atoms with Crippen molar-refractivity contribution in [2.24, 2.45) is 4.99 Å². The Morgan fingerprint density at radius 2 is 2.45 bits per heavy atom. The van der Waals surface area contributed by atoms with Gasteiger partial charge in [0.15, 0.2) is 0 Å². The second kappa shape index (κ2) is 2.71. The molecule has 0 aromatic carbocycles. The van der Waals surface area contributed by atoms with Gasteiger partial charge in [0, 0.05) is 11.9 Å². The van der Waals surface area contributed by atoms with Gasteiger partial charge in [0.25, 0.3) is 0 Å². The van der Waals surface area contributed by atoms with E-state index in [9.17, 15) is 4.79 Å². The summed E-state index contributed by atoms with van der Waals surface area (Å²) < 4.78 is 0. The molecular weight excluding hydrogens is 148 g/mol. The Morgan fingerprint density at radius 1 is 1.82 bits per heavy atom. The summed E-state index contributed by atoms with van der Waals surface area (Å²) in [6, 6.07) is 0. The first-order valence-electron chi connectivity index (χ1n) is 3.03. The third-order valence-electron chi connectivity index (χ3n) is 1.32. The smallest absolute Gasteiger partial charge is 0.339 e. The van der Waals surface area contributed by atoms with Crippen LogP contribution in [0.2, 0.25) is 0 Å². The third kappa shape index (κ3) is 1.56. The molecule has 0 saturated carbocycles. The predicted molar refractivity (Wildman–Crippen MR) is 38.0 cm³/mol. The Labute approximate surface area is 63.1 Å². The molecule has 0 radical (unpaired) electrons. The van der Waals surface area contributed by atoms with E-state index < -0.39 is 12.3 Å². The van der Waals surface area contributed by atoms with Crippen molar-refractivity contribution in [3.05, 3.63) is 11.3 Å². The zero-order valence-corrected chi connectivity index (χ0v) is 5.90. The number of carboxylic acids is 1. The lowest BCUT2D eigenvalue weighted by Crippen LogP contribution is -2.31. The van der Waals surface area contributed by atoms with E-state index in [1.807, 2.05) is 0 Å². The Bertz CT molecular complexity index is 244. The van der Waals surface area contributed by atoms with Gasteiger partial charge in [-0.25, -0.2) is 9.79 Å². The number of aliphatic hydroxyl groups is 1. The van der Waals surface area contributed by atoms with Crippen molar-refractivity contribution >= 4 is 12.2 Å². The van der Waals surface area contributed by atoms with Gasteiger partial charge in [0.1, 0.15) is 0 Å². The van der Waals surface area contributed by atoms with Crippen LogP contribution in [0.5, 0.6) is 0 Å². The zero-order chi connectivity index (χ0) is 8.43. The molecule has 5 heteroatoms. The van der Waals surface area contributed by atoms with Gasteiger partial charge in [-0.05, 0) is 6.92 Å². The Hall–Kier alpha value is -1.36. The molecule has 0 fully saturated rings. The normalized spacial score (nSPS) is 23.3. The number of rotatable bonds is 1. The molecule has 5 nitrogen and oxygen atoms in total. The number of carboxylic acid groups (broad SMARTS) is 1. The van der Waals surface area contributed by atoms with Crippen LogP contribution >= 0.6 is 0 Å². The quantitative estimate of drug-likeness (QED) is 0.468. The molecule has 0 bridgehead atoms.